The van der Waals surface area contributed by atoms with Crippen LogP contribution in [0.1, 0.15) is 14.4 Å². The first-order valence-electron chi connectivity index (χ1n) is 4.83. The van der Waals surface area contributed by atoms with E-state index in [0.29, 0.717) is 32.7 Å². The number of nitrogens with one attached hydrogen (secondary N) is 1. The van der Waals surface area contributed by atoms with E-state index in [0.717, 1.165) is 0 Å². The molecule has 5 heteroatoms. The van der Waals surface area contributed by atoms with Gasteiger partial charge in [0.1, 0.15) is 0 Å². The number of carbonyl (C=O) groups excluding carboxylic acids is 2. The van der Waals surface area contributed by atoms with Crippen LogP contribution in [0.15, 0.2) is 0 Å². The first kappa shape index (κ1) is 13.9. The number of likely N-dealkylation sites (N-methyl/N-ethyl adjacent to an activating group) is 1. The van der Waals surface area contributed by atoms with Crippen molar-refractivity contribution in [2.45, 2.75) is 14.4 Å². The van der Waals surface area contributed by atoms with Crippen molar-refractivity contribution in [3.63, 3.8) is 0 Å². The molecule has 0 atom stereocenters. The largest absolute Gasteiger partial charge is 0.339 e. The lowest BCUT2D eigenvalue weighted by Gasteiger charge is -2.34. The highest BCUT2D eigenvalue weighted by Crippen LogP contribution is 2.01. The molecule has 1 rings (SSSR count). The van der Waals surface area contributed by atoms with E-state index in [4.69, 9.17) is 0 Å². The van der Waals surface area contributed by atoms with Gasteiger partial charge in [0.25, 0.3) is 0 Å². The van der Waals surface area contributed by atoms with Crippen LogP contribution in [-0.4, -0.2) is 61.4 Å². The average Bonchev–Trinajstić information content (AvgIpc) is 2.18. The standard InChI is InChI=1S/C9H17N3O2.CH4/c1-8(13)11-3-5-12(6-4-11)9(14)7-10-2;/h10H,3-7H2,1-2H3;1H4. The Kier molecular flexibility index (Phi) is 5.93. The Morgan fingerprint density at radius 1 is 1.13 bits per heavy atom. The summed E-state index contributed by atoms with van der Waals surface area (Å²) in [5, 5.41) is 2.83. The van der Waals surface area contributed by atoms with Crippen LogP contribution in [0, 0.1) is 0 Å². The van der Waals surface area contributed by atoms with E-state index in [-0.39, 0.29) is 19.2 Å². The minimum Gasteiger partial charge on any atom is -0.339 e. The zero-order valence-electron chi connectivity index (χ0n) is 8.75. The van der Waals surface area contributed by atoms with Crippen molar-refractivity contribution >= 4 is 11.8 Å². The van der Waals surface area contributed by atoms with Gasteiger partial charge in [-0.15, -0.1) is 0 Å². The molecule has 1 fully saturated rings. The van der Waals surface area contributed by atoms with Crippen molar-refractivity contribution in [1.29, 1.82) is 0 Å². The summed E-state index contributed by atoms with van der Waals surface area (Å²) in [7, 11) is 1.75. The third-order valence-electron chi connectivity index (χ3n) is 2.41. The second kappa shape index (κ2) is 6.40. The van der Waals surface area contributed by atoms with Gasteiger partial charge in [0.2, 0.25) is 11.8 Å². The predicted octanol–water partition coefficient (Wildman–Crippen LogP) is -0.467. The monoisotopic (exact) mass is 215 g/mol. The molecular weight excluding hydrogens is 194 g/mol. The van der Waals surface area contributed by atoms with E-state index in [1.807, 2.05) is 0 Å². The summed E-state index contributed by atoms with van der Waals surface area (Å²) >= 11 is 0. The summed E-state index contributed by atoms with van der Waals surface area (Å²) in [5.41, 5.74) is 0. The third-order valence-corrected chi connectivity index (χ3v) is 2.41. The second-order valence-electron chi connectivity index (χ2n) is 3.42. The zero-order valence-corrected chi connectivity index (χ0v) is 8.75. The van der Waals surface area contributed by atoms with E-state index in [1.165, 1.54) is 0 Å². The minimum absolute atomic E-state index is 0. The Bertz CT molecular complexity index is 223. The minimum atomic E-state index is 0. The SMILES string of the molecule is C.CNCC(=O)N1CCN(C(C)=O)CC1. The Morgan fingerprint density at radius 3 is 2.00 bits per heavy atom. The van der Waals surface area contributed by atoms with Gasteiger partial charge in [-0.1, -0.05) is 7.43 Å². The molecule has 0 aromatic heterocycles. The van der Waals surface area contributed by atoms with E-state index < -0.39 is 0 Å². The molecule has 1 heterocycles. The highest BCUT2D eigenvalue weighted by Gasteiger charge is 2.21. The molecule has 1 N–H and O–H groups in total. The van der Waals surface area contributed by atoms with Gasteiger partial charge in [-0.05, 0) is 7.05 Å². The Balaban J connectivity index is 0.00000196. The zero-order chi connectivity index (χ0) is 10.6. The van der Waals surface area contributed by atoms with Crippen LogP contribution in [0.25, 0.3) is 0 Å². The Labute approximate surface area is 91.4 Å². The summed E-state index contributed by atoms with van der Waals surface area (Å²) in [4.78, 5) is 26.0. The normalized spacial score (nSPS) is 15.9. The molecule has 0 spiro atoms. The third kappa shape index (κ3) is 3.87. The van der Waals surface area contributed by atoms with Crippen LogP contribution in [0.3, 0.4) is 0 Å². The van der Waals surface area contributed by atoms with Crippen molar-refractivity contribution in [2.75, 3.05) is 39.8 Å². The summed E-state index contributed by atoms with van der Waals surface area (Å²) in [6, 6.07) is 0. The maximum absolute atomic E-state index is 11.4. The lowest BCUT2D eigenvalue weighted by atomic mass is 10.3. The Morgan fingerprint density at radius 2 is 1.60 bits per heavy atom. The molecule has 2 amide bonds. The number of hydrogen-bond donors (Lipinski definition) is 1. The predicted molar refractivity (Wildman–Crippen MR) is 59.5 cm³/mol. The second-order valence-corrected chi connectivity index (χ2v) is 3.42. The molecule has 0 unspecified atom stereocenters. The molecule has 0 aromatic rings. The van der Waals surface area contributed by atoms with Crippen LogP contribution in [-0.2, 0) is 9.59 Å². The van der Waals surface area contributed by atoms with Crippen molar-refractivity contribution in [1.82, 2.24) is 15.1 Å². The quantitative estimate of drug-likeness (QED) is 0.677. The van der Waals surface area contributed by atoms with Crippen molar-refractivity contribution in [3.05, 3.63) is 0 Å². The van der Waals surface area contributed by atoms with Crippen molar-refractivity contribution in [3.8, 4) is 0 Å². The molecule has 15 heavy (non-hydrogen) atoms. The molecular formula is C10H21N3O2. The molecule has 0 saturated carbocycles. The number of piperazine rings is 1. The molecule has 1 aliphatic heterocycles. The summed E-state index contributed by atoms with van der Waals surface area (Å²) in [6.45, 7) is 4.56. The van der Waals surface area contributed by atoms with Gasteiger partial charge in [0.15, 0.2) is 0 Å². The smallest absolute Gasteiger partial charge is 0.236 e. The van der Waals surface area contributed by atoms with E-state index in [2.05, 4.69) is 5.32 Å². The average molecular weight is 215 g/mol. The van der Waals surface area contributed by atoms with Gasteiger partial charge in [-0.3, -0.25) is 9.59 Å². The number of nitrogens with zero attached hydrogens (tertiary/aromatic N) is 2. The number of carbonyl (C=O) groups is 2. The van der Waals surface area contributed by atoms with E-state index in [1.54, 1.807) is 23.8 Å². The Hall–Kier alpha value is -1.10. The van der Waals surface area contributed by atoms with Crippen molar-refractivity contribution < 1.29 is 9.59 Å². The van der Waals surface area contributed by atoms with Gasteiger partial charge in [-0.2, -0.15) is 0 Å². The highest BCUT2D eigenvalue weighted by atomic mass is 16.2. The summed E-state index contributed by atoms with van der Waals surface area (Å²) in [6.07, 6.45) is 0. The highest BCUT2D eigenvalue weighted by molar-refractivity contribution is 5.79. The van der Waals surface area contributed by atoms with E-state index in [9.17, 15) is 9.59 Å². The molecule has 0 bridgehead atoms. The lowest BCUT2D eigenvalue weighted by molar-refractivity contribution is -0.137. The first-order chi connectivity index (χ1) is 6.65. The fourth-order valence-corrected chi connectivity index (χ4v) is 1.53. The van der Waals surface area contributed by atoms with Crippen molar-refractivity contribution in [2.24, 2.45) is 0 Å². The molecule has 1 saturated heterocycles. The summed E-state index contributed by atoms with van der Waals surface area (Å²) in [5.74, 6) is 0.196. The fraction of sp³-hybridized carbons (Fsp3) is 0.800. The van der Waals surface area contributed by atoms with Gasteiger partial charge in [-0.25, -0.2) is 0 Å². The van der Waals surface area contributed by atoms with Gasteiger partial charge >= 0.3 is 0 Å². The molecule has 88 valence electrons. The van der Waals surface area contributed by atoms with Crippen LogP contribution in [0.4, 0.5) is 0 Å². The van der Waals surface area contributed by atoms with Gasteiger partial charge in [0.05, 0.1) is 6.54 Å². The molecule has 5 nitrogen and oxygen atoms in total. The topological polar surface area (TPSA) is 52.7 Å². The van der Waals surface area contributed by atoms with Gasteiger partial charge in [0, 0.05) is 33.1 Å². The fourth-order valence-electron chi connectivity index (χ4n) is 1.53. The first-order valence-corrected chi connectivity index (χ1v) is 4.83. The van der Waals surface area contributed by atoms with Crippen LogP contribution in [0.5, 0.6) is 0 Å². The summed E-state index contributed by atoms with van der Waals surface area (Å²) < 4.78 is 0. The molecule has 1 aliphatic rings. The molecule has 0 aromatic carbocycles. The van der Waals surface area contributed by atoms with E-state index >= 15 is 0 Å². The lowest BCUT2D eigenvalue weighted by Crippen LogP contribution is -2.51. The maximum Gasteiger partial charge on any atom is 0.236 e. The molecule has 0 aliphatic carbocycles. The number of rotatable bonds is 2. The maximum atomic E-state index is 11.4. The number of amides is 2. The van der Waals surface area contributed by atoms with Crippen LogP contribution in [0.2, 0.25) is 0 Å². The van der Waals surface area contributed by atoms with Crippen LogP contribution < -0.4 is 5.32 Å². The van der Waals surface area contributed by atoms with Crippen LogP contribution >= 0.6 is 0 Å². The van der Waals surface area contributed by atoms with Gasteiger partial charge < -0.3 is 15.1 Å². The molecule has 0 radical (unpaired) electrons. The number of hydrogen-bond acceptors (Lipinski definition) is 3.